The van der Waals surface area contributed by atoms with E-state index in [1.54, 1.807) is 6.07 Å². The Hall–Kier alpha value is -1.28. The van der Waals surface area contributed by atoms with Gasteiger partial charge in [0.15, 0.2) is 0 Å². The zero-order valence-corrected chi connectivity index (χ0v) is 11.7. The van der Waals surface area contributed by atoms with Crippen LogP contribution in [0.3, 0.4) is 0 Å². The first-order valence-corrected chi connectivity index (χ1v) is 7.54. The molecule has 0 atom stereocenters. The van der Waals surface area contributed by atoms with E-state index in [1.807, 2.05) is 4.72 Å². The summed E-state index contributed by atoms with van der Waals surface area (Å²) in [6.07, 6.45) is 1.76. The number of hydrogen-bond donors (Lipinski definition) is 3. The van der Waals surface area contributed by atoms with Gasteiger partial charge in [-0.3, -0.25) is 0 Å². The van der Waals surface area contributed by atoms with Crippen molar-refractivity contribution in [3.05, 3.63) is 22.7 Å². The first-order valence-electron chi connectivity index (χ1n) is 5.27. The normalized spacial score (nSPS) is 15.2. The molecule has 0 bridgehead atoms. The fraction of sp³-hybridized carbons (Fsp3) is 0.300. The van der Waals surface area contributed by atoms with Crippen molar-refractivity contribution in [2.24, 2.45) is 0 Å². The third kappa shape index (κ3) is 3.14. The lowest BCUT2D eigenvalue weighted by Gasteiger charge is -2.10. The van der Waals surface area contributed by atoms with Gasteiger partial charge in [0, 0.05) is 10.5 Å². The van der Waals surface area contributed by atoms with Crippen molar-refractivity contribution in [2.45, 2.75) is 23.8 Å². The Bertz CT molecular complexity index is 584. The summed E-state index contributed by atoms with van der Waals surface area (Å²) in [5, 5.41) is 2.53. The monoisotopic (exact) mass is 333 g/mol. The van der Waals surface area contributed by atoms with Crippen LogP contribution in [0.15, 0.2) is 27.6 Å². The number of nitrogen functional groups attached to an aromatic ring is 1. The quantitative estimate of drug-likeness (QED) is 0.723. The number of rotatable bonds is 3. The summed E-state index contributed by atoms with van der Waals surface area (Å²) in [6.45, 7) is 0. The minimum Gasteiger partial charge on any atom is -0.398 e. The topological polar surface area (TPSA) is 101 Å². The highest BCUT2D eigenvalue weighted by atomic mass is 79.9. The van der Waals surface area contributed by atoms with E-state index in [2.05, 4.69) is 21.2 Å². The highest BCUT2D eigenvalue weighted by molar-refractivity contribution is 9.10. The Labute approximate surface area is 113 Å². The minimum absolute atomic E-state index is 0.0834. The zero-order valence-electron chi connectivity index (χ0n) is 9.31. The van der Waals surface area contributed by atoms with Crippen LogP contribution in [-0.4, -0.2) is 20.5 Å². The van der Waals surface area contributed by atoms with Crippen molar-refractivity contribution in [3.63, 3.8) is 0 Å². The van der Waals surface area contributed by atoms with Crippen molar-refractivity contribution in [2.75, 3.05) is 5.73 Å². The molecule has 6 nitrogen and oxygen atoms in total. The average Bonchev–Trinajstić information content (AvgIpc) is 3.04. The summed E-state index contributed by atoms with van der Waals surface area (Å²) < 4.78 is 26.4. The molecule has 1 aliphatic rings. The fourth-order valence-electron chi connectivity index (χ4n) is 1.36. The fourth-order valence-corrected chi connectivity index (χ4v) is 2.95. The summed E-state index contributed by atoms with van der Waals surface area (Å²) in [6, 6.07) is 3.79. The molecule has 98 valence electrons. The summed E-state index contributed by atoms with van der Waals surface area (Å²) in [5.41, 5.74) is 5.68. The maximum Gasteiger partial charge on any atom is 0.328 e. The molecule has 0 spiro atoms. The number of amides is 2. The molecule has 1 fully saturated rings. The number of anilines is 1. The van der Waals surface area contributed by atoms with Crippen molar-refractivity contribution in [1.82, 2.24) is 10.0 Å². The SMILES string of the molecule is Nc1ccc(Br)cc1S(=O)(=O)NC(=O)NC1CC1. The number of benzene rings is 1. The van der Waals surface area contributed by atoms with Crippen LogP contribution < -0.4 is 15.8 Å². The maximum absolute atomic E-state index is 11.9. The number of halogens is 1. The van der Waals surface area contributed by atoms with Gasteiger partial charge in [-0.1, -0.05) is 15.9 Å². The van der Waals surface area contributed by atoms with Crippen molar-refractivity contribution in [3.8, 4) is 0 Å². The van der Waals surface area contributed by atoms with Gasteiger partial charge in [-0.2, -0.15) is 0 Å². The summed E-state index contributed by atoms with van der Waals surface area (Å²) >= 11 is 3.16. The first-order chi connectivity index (χ1) is 8.38. The molecule has 18 heavy (non-hydrogen) atoms. The van der Waals surface area contributed by atoms with Crippen molar-refractivity contribution >= 4 is 37.7 Å². The van der Waals surface area contributed by atoms with Gasteiger partial charge in [-0.25, -0.2) is 17.9 Å². The number of sulfonamides is 1. The van der Waals surface area contributed by atoms with Gasteiger partial charge in [0.25, 0.3) is 10.0 Å². The van der Waals surface area contributed by atoms with Gasteiger partial charge < -0.3 is 11.1 Å². The van der Waals surface area contributed by atoms with Crippen LogP contribution >= 0.6 is 15.9 Å². The Kier molecular flexibility index (Phi) is 3.49. The van der Waals surface area contributed by atoms with E-state index in [4.69, 9.17) is 5.73 Å². The maximum atomic E-state index is 11.9. The van der Waals surface area contributed by atoms with Gasteiger partial charge in [-0.15, -0.1) is 0 Å². The van der Waals surface area contributed by atoms with E-state index in [0.29, 0.717) is 4.47 Å². The van der Waals surface area contributed by atoms with Crippen LogP contribution in [0.1, 0.15) is 12.8 Å². The Morgan fingerprint density at radius 1 is 1.39 bits per heavy atom. The molecule has 0 aliphatic heterocycles. The van der Waals surface area contributed by atoms with Gasteiger partial charge in [0.1, 0.15) is 4.90 Å². The molecular weight excluding hydrogens is 322 g/mol. The lowest BCUT2D eigenvalue weighted by Crippen LogP contribution is -2.40. The van der Waals surface area contributed by atoms with E-state index >= 15 is 0 Å². The number of carbonyl (C=O) groups is 1. The number of nitrogens with two attached hydrogens (primary N) is 1. The van der Waals surface area contributed by atoms with Crippen LogP contribution in [0.4, 0.5) is 10.5 Å². The largest absolute Gasteiger partial charge is 0.398 e. The second-order valence-electron chi connectivity index (χ2n) is 4.04. The van der Waals surface area contributed by atoms with Crippen LogP contribution in [-0.2, 0) is 10.0 Å². The van der Waals surface area contributed by atoms with Gasteiger partial charge in [0.05, 0.1) is 5.69 Å². The summed E-state index contributed by atoms with van der Waals surface area (Å²) in [7, 11) is -3.95. The van der Waals surface area contributed by atoms with E-state index in [-0.39, 0.29) is 16.6 Å². The van der Waals surface area contributed by atoms with Gasteiger partial charge >= 0.3 is 6.03 Å². The van der Waals surface area contributed by atoms with Crippen molar-refractivity contribution < 1.29 is 13.2 Å². The molecule has 1 aromatic carbocycles. The molecule has 2 rings (SSSR count). The molecule has 4 N–H and O–H groups in total. The highest BCUT2D eigenvalue weighted by Gasteiger charge is 2.26. The number of hydrogen-bond acceptors (Lipinski definition) is 4. The van der Waals surface area contributed by atoms with Crippen LogP contribution in [0.5, 0.6) is 0 Å². The molecule has 1 aliphatic carbocycles. The van der Waals surface area contributed by atoms with Gasteiger partial charge in [-0.05, 0) is 31.0 Å². The van der Waals surface area contributed by atoms with Crippen LogP contribution in [0.25, 0.3) is 0 Å². The predicted octanol–water partition coefficient (Wildman–Crippen LogP) is 1.18. The molecule has 2 amide bonds. The molecule has 0 saturated heterocycles. The molecule has 0 unspecified atom stereocenters. The number of urea groups is 1. The second-order valence-corrected chi connectivity index (χ2v) is 6.60. The van der Waals surface area contributed by atoms with E-state index in [0.717, 1.165) is 12.8 Å². The van der Waals surface area contributed by atoms with Gasteiger partial charge in [0.2, 0.25) is 0 Å². The Balaban J connectivity index is 2.18. The molecule has 0 aromatic heterocycles. The standard InChI is InChI=1S/C10H12BrN3O3S/c11-6-1-4-8(12)9(5-6)18(16,17)14-10(15)13-7-2-3-7/h1,4-5,7H,2-3,12H2,(H2,13,14,15). The van der Waals surface area contributed by atoms with E-state index < -0.39 is 16.1 Å². The zero-order chi connectivity index (χ0) is 13.3. The van der Waals surface area contributed by atoms with Crippen LogP contribution in [0, 0.1) is 0 Å². The number of nitrogens with one attached hydrogen (secondary N) is 2. The second kappa shape index (κ2) is 4.77. The molecule has 8 heteroatoms. The van der Waals surface area contributed by atoms with E-state index in [1.165, 1.54) is 12.1 Å². The number of carbonyl (C=O) groups excluding carboxylic acids is 1. The smallest absolute Gasteiger partial charge is 0.328 e. The lowest BCUT2D eigenvalue weighted by atomic mass is 10.3. The Morgan fingerprint density at radius 3 is 2.67 bits per heavy atom. The summed E-state index contributed by atoms with van der Waals surface area (Å²) in [5.74, 6) is 0. The molecular formula is C10H12BrN3O3S. The molecule has 1 aromatic rings. The van der Waals surface area contributed by atoms with Crippen LogP contribution in [0.2, 0.25) is 0 Å². The lowest BCUT2D eigenvalue weighted by molar-refractivity contribution is 0.245. The average molecular weight is 334 g/mol. The highest BCUT2D eigenvalue weighted by Crippen LogP contribution is 2.23. The molecule has 1 saturated carbocycles. The third-order valence-electron chi connectivity index (χ3n) is 2.40. The van der Waals surface area contributed by atoms with Crippen molar-refractivity contribution in [1.29, 1.82) is 0 Å². The first kappa shape index (κ1) is 13.2. The third-order valence-corrected chi connectivity index (χ3v) is 4.28. The molecule has 0 heterocycles. The summed E-state index contributed by atoms with van der Waals surface area (Å²) in [4.78, 5) is 11.3. The predicted molar refractivity (Wildman–Crippen MR) is 70.4 cm³/mol. The minimum atomic E-state index is -3.95. The van der Waals surface area contributed by atoms with E-state index in [9.17, 15) is 13.2 Å². The molecule has 0 radical (unpaired) electrons. The Morgan fingerprint density at radius 2 is 2.06 bits per heavy atom.